The summed E-state index contributed by atoms with van der Waals surface area (Å²) >= 11 is 5.86. The fourth-order valence-corrected chi connectivity index (χ4v) is 2.14. The third-order valence-corrected chi connectivity index (χ3v) is 3.40. The molecule has 0 bridgehead atoms. The zero-order chi connectivity index (χ0) is 15.2. The molecule has 1 atom stereocenters. The summed E-state index contributed by atoms with van der Waals surface area (Å²) < 4.78 is 26.0. The predicted molar refractivity (Wildman–Crippen MR) is 78.5 cm³/mol. The highest BCUT2D eigenvalue weighted by molar-refractivity contribution is 6.18. The highest BCUT2D eigenvalue weighted by atomic mass is 35.5. The van der Waals surface area contributed by atoms with Gasteiger partial charge in [-0.05, 0) is 30.2 Å². The maximum Gasteiger partial charge on any atom is 0.251 e. The Morgan fingerprint density at radius 2 is 1.81 bits per heavy atom. The molecular weight excluding hydrogens is 296 g/mol. The lowest BCUT2D eigenvalue weighted by atomic mass is 10.1. The zero-order valence-electron chi connectivity index (χ0n) is 11.2. The van der Waals surface area contributed by atoms with Crippen molar-refractivity contribution in [2.24, 2.45) is 0 Å². The minimum atomic E-state index is -1.05. The minimum Gasteiger partial charge on any atom is -0.348 e. The van der Waals surface area contributed by atoms with Gasteiger partial charge in [0, 0.05) is 17.5 Å². The average molecular weight is 310 g/mol. The summed E-state index contributed by atoms with van der Waals surface area (Å²) in [4.78, 5) is 12.0. The van der Waals surface area contributed by atoms with Gasteiger partial charge in [-0.3, -0.25) is 4.79 Å². The first-order chi connectivity index (χ1) is 10.1. The van der Waals surface area contributed by atoms with Crippen LogP contribution in [0, 0.1) is 11.6 Å². The van der Waals surface area contributed by atoms with Crippen molar-refractivity contribution in [2.45, 2.75) is 12.5 Å². The van der Waals surface area contributed by atoms with Crippen LogP contribution in [0.1, 0.15) is 15.9 Å². The number of halogens is 3. The molecule has 5 heteroatoms. The predicted octanol–water partition coefficient (Wildman–Crippen LogP) is 3.54. The van der Waals surface area contributed by atoms with Gasteiger partial charge >= 0.3 is 0 Å². The van der Waals surface area contributed by atoms with Crippen LogP contribution >= 0.6 is 11.6 Å². The number of hydrogen-bond acceptors (Lipinski definition) is 1. The molecule has 2 aromatic carbocycles. The highest BCUT2D eigenvalue weighted by Crippen LogP contribution is 2.10. The second-order valence-corrected chi connectivity index (χ2v) is 4.95. The standard InChI is InChI=1S/C16H14ClF2NO/c17-10-13(8-11-4-2-1-3-5-11)20-16(21)12-6-7-14(18)15(19)9-12/h1-7,9,13H,8,10H2,(H,20,21). The summed E-state index contributed by atoms with van der Waals surface area (Å²) in [6, 6.07) is 12.3. The molecule has 0 radical (unpaired) electrons. The van der Waals surface area contributed by atoms with Crippen molar-refractivity contribution in [1.82, 2.24) is 5.32 Å². The van der Waals surface area contributed by atoms with E-state index in [2.05, 4.69) is 5.32 Å². The van der Waals surface area contributed by atoms with E-state index in [0.29, 0.717) is 6.42 Å². The Labute approximate surface area is 126 Å². The van der Waals surface area contributed by atoms with Crippen LogP contribution in [0.5, 0.6) is 0 Å². The lowest BCUT2D eigenvalue weighted by Gasteiger charge is -2.16. The van der Waals surface area contributed by atoms with Crippen molar-refractivity contribution in [3.63, 3.8) is 0 Å². The van der Waals surface area contributed by atoms with Gasteiger partial charge in [0.1, 0.15) is 0 Å². The van der Waals surface area contributed by atoms with Crippen molar-refractivity contribution in [3.8, 4) is 0 Å². The summed E-state index contributed by atoms with van der Waals surface area (Å²) in [5.41, 5.74) is 1.10. The molecule has 1 N–H and O–H groups in total. The molecule has 0 saturated heterocycles. The second kappa shape index (κ2) is 7.18. The number of benzene rings is 2. The molecule has 0 aromatic heterocycles. The van der Waals surface area contributed by atoms with Gasteiger partial charge in [0.15, 0.2) is 11.6 Å². The van der Waals surface area contributed by atoms with Gasteiger partial charge in [-0.15, -0.1) is 11.6 Å². The van der Waals surface area contributed by atoms with Crippen LogP contribution in [-0.4, -0.2) is 17.8 Å². The van der Waals surface area contributed by atoms with E-state index in [9.17, 15) is 13.6 Å². The van der Waals surface area contributed by atoms with Gasteiger partial charge < -0.3 is 5.32 Å². The van der Waals surface area contributed by atoms with Crippen LogP contribution in [0.2, 0.25) is 0 Å². The molecule has 1 unspecified atom stereocenters. The van der Waals surface area contributed by atoms with E-state index in [4.69, 9.17) is 11.6 Å². The molecule has 2 nitrogen and oxygen atoms in total. The molecule has 0 aliphatic carbocycles. The molecule has 1 amide bonds. The highest BCUT2D eigenvalue weighted by Gasteiger charge is 2.15. The van der Waals surface area contributed by atoms with E-state index in [-0.39, 0.29) is 17.5 Å². The molecule has 110 valence electrons. The van der Waals surface area contributed by atoms with E-state index in [0.717, 1.165) is 17.7 Å². The number of alkyl halides is 1. The molecule has 21 heavy (non-hydrogen) atoms. The first-order valence-electron chi connectivity index (χ1n) is 6.46. The maximum absolute atomic E-state index is 13.1. The molecule has 0 aliphatic rings. The molecular formula is C16H14ClF2NO. The minimum absolute atomic E-state index is 0.0667. The Morgan fingerprint density at radius 1 is 1.10 bits per heavy atom. The van der Waals surface area contributed by atoms with Gasteiger partial charge in [0.25, 0.3) is 5.91 Å². The van der Waals surface area contributed by atoms with E-state index < -0.39 is 17.5 Å². The van der Waals surface area contributed by atoms with Crippen LogP contribution in [0.4, 0.5) is 8.78 Å². The quantitative estimate of drug-likeness (QED) is 0.841. The van der Waals surface area contributed by atoms with Crippen LogP contribution in [0.25, 0.3) is 0 Å². The van der Waals surface area contributed by atoms with Gasteiger partial charge in [0.2, 0.25) is 0 Å². The number of carbonyl (C=O) groups is 1. The lowest BCUT2D eigenvalue weighted by Crippen LogP contribution is -2.37. The van der Waals surface area contributed by atoms with Crippen LogP contribution in [0.15, 0.2) is 48.5 Å². The summed E-state index contributed by atoms with van der Waals surface area (Å²) in [6.45, 7) is 0. The van der Waals surface area contributed by atoms with E-state index in [1.165, 1.54) is 6.07 Å². The van der Waals surface area contributed by atoms with Crippen LogP contribution < -0.4 is 5.32 Å². The summed E-state index contributed by atoms with van der Waals surface area (Å²) in [5, 5.41) is 2.72. The largest absolute Gasteiger partial charge is 0.348 e. The Bertz CT molecular complexity index is 619. The van der Waals surface area contributed by atoms with E-state index >= 15 is 0 Å². The fraction of sp³-hybridized carbons (Fsp3) is 0.188. The molecule has 0 heterocycles. The van der Waals surface area contributed by atoms with E-state index in [1.54, 1.807) is 0 Å². The van der Waals surface area contributed by atoms with Gasteiger partial charge in [-0.25, -0.2) is 8.78 Å². The molecule has 0 saturated carbocycles. The summed E-state index contributed by atoms with van der Waals surface area (Å²) in [5.74, 6) is -2.28. The first-order valence-corrected chi connectivity index (χ1v) is 6.99. The second-order valence-electron chi connectivity index (χ2n) is 4.64. The van der Waals surface area contributed by atoms with Crippen molar-refractivity contribution >= 4 is 17.5 Å². The third kappa shape index (κ3) is 4.26. The van der Waals surface area contributed by atoms with Gasteiger partial charge in [-0.1, -0.05) is 30.3 Å². The Kier molecular flexibility index (Phi) is 5.28. The van der Waals surface area contributed by atoms with Crippen LogP contribution in [-0.2, 0) is 6.42 Å². The normalized spacial score (nSPS) is 12.0. The van der Waals surface area contributed by atoms with Crippen LogP contribution in [0.3, 0.4) is 0 Å². The zero-order valence-corrected chi connectivity index (χ0v) is 11.9. The molecule has 0 spiro atoms. The topological polar surface area (TPSA) is 29.1 Å². The lowest BCUT2D eigenvalue weighted by molar-refractivity contribution is 0.0940. The van der Waals surface area contributed by atoms with Gasteiger partial charge in [0.05, 0.1) is 0 Å². The summed E-state index contributed by atoms with van der Waals surface area (Å²) in [7, 11) is 0. The third-order valence-electron chi connectivity index (χ3n) is 3.03. The molecule has 2 rings (SSSR count). The monoisotopic (exact) mass is 309 g/mol. The molecule has 0 aliphatic heterocycles. The maximum atomic E-state index is 13.1. The SMILES string of the molecule is O=C(NC(CCl)Cc1ccccc1)c1ccc(F)c(F)c1. The number of amides is 1. The van der Waals surface area contributed by atoms with Crippen molar-refractivity contribution in [2.75, 3.05) is 5.88 Å². The smallest absolute Gasteiger partial charge is 0.251 e. The molecule has 2 aromatic rings. The summed E-state index contributed by atoms with van der Waals surface area (Å²) in [6.07, 6.45) is 0.569. The van der Waals surface area contributed by atoms with Crippen molar-refractivity contribution in [3.05, 3.63) is 71.3 Å². The van der Waals surface area contributed by atoms with Gasteiger partial charge in [-0.2, -0.15) is 0 Å². The number of carbonyl (C=O) groups excluding carboxylic acids is 1. The Balaban J connectivity index is 2.04. The first kappa shape index (κ1) is 15.4. The number of nitrogens with one attached hydrogen (secondary N) is 1. The Hall–Kier alpha value is -1.94. The van der Waals surface area contributed by atoms with E-state index in [1.807, 2.05) is 30.3 Å². The Morgan fingerprint density at radius 3 is 2.43 bits per heavy atom. The van der Waals surface area contributed by atoms with Crippen molar-refractivity contribution < 1.29 is 13.6 Å². The molecule has 0 fully saturated rings. The van der Waals surface area contributed by atoms with Crippen molar-refractivity contribution in [1.29, 1.82) is 0 Å². The number of hydrogen-bond donors (Lipinski definition) is 1. The fourth-order valence-electron chi connectivity index (χ4n) is 1.95. The number of rotatable bonds is 5. The average Bonchev–Trinajstić information content (AvgIpc) is 2.50.